The van der Waals surface area contributed by atoms with Gasteiger partial charge in [-0.25, -0.2) is 13.6 Å². The lowest BCUT2D eigenvalue weighted by atomic mass is 9.95. The second-order valence-corrected chi connectivity index (χ2v) is 7.13. The number of nitrogens with one attached hydrogen (secondary N) is 2. The van der Waals surface area contributed by atoms with Crippen LogP contribution in [-0.2, 0) is 0 Å². The van der Waals surface area contributed by atoms with Crippen molar-refractivity contribution in [3.05, 3.63) is 59.2 Å². The molecule has 1 aliphatic rings. The molecule has 0 aliphatic carbocycles. The lowest BCUT2D eigenvalue weighted by Gasteiger charge is -2.26. The summed E-state index contributed by atoms with van der Waals surface area (Å²) in [5.41, 5.74) is 1.10. The number of fused-ring (bicyclic) bond motifs is 1. The highest BCUT2D eigenvalue weighted by Gasteiger charge is 2.23. The molecule has 5 nitrogen and oxygen atoms in total. The Morgan fingerprint density at radius 1 is 0.964 bits per heavy atom. The lowest BCUT2D eigenvalue weighted by molar-refractivity contribution is 0.171. The Kier molecular flexibility index (Phi) is 6.02. The number of rotatable bonds is 5. The molecule has 0 saturated carbocycles. The summed E-state index contributed by atoms with van der Waals surface area (Å²) in [4.78, 5) is 12.5. The number of hydrogen-bond acceptors (Lipinski definition) is 3. The normalized spacial score (nSPS) is 15.1. The van der Waals surface area contributed by atoms with Crippen molar-refractivity contribution >= 4 is 6.03 Å². The molecular weight excluding hydrogens is 366 g/mol. The van der Waals surface area contributed by atoms with Gasteiger partial charge in [-0.1, -0.05) is 26.0 Å². The van der Waals surface area contributed by atoms with E-state index in [1.54, 1.807) is 6.92 Å². The third-order valence-electron chi connectivity index (χ3n) is 4.66. The molecule has 28 heavy (non-hydrogen) atoms. The second-order valence-electron chi connectivity index (χ2n) is 7.13. The minimum absolute atomic E-state index is 0.103. The van der Waals surface area contributed by atoms with Crippen molar-refractivity contribution < 1.29 is 23.0 Å². The Balaban J connectivity index is 1.71. The van der Waals surface area contributed by atoms with Gasteiger partial charge in [-0.2, -0.15) is 0 Å². The molecule has 2 N–H and O–H groups in total. The first kappa shape index (κ1) is 19.9. The summed E-state index contributed by atoms with van der Waals surface area (Å²) in [6.45, 7) is 6.62. The summed E-state index contributed by atoms with van der Waals surface area (Å²) in [5.74, 6) is 0.0864. The number of carbonyl (C=O) groups is 1. The highest BCUT2D eigenvalue weighted by molar-refractivity contribution is 5.75. The van der Waals surface area contributed by atoms with Crippen molar-refractivity contribution in [3.8, 4) is 11.5 Å². The number of urea groups is 1. The maximum atomic E-state index is 13.9. The smallest absolute Gasteiger partial charge is 0.315 e. The molecule has 3 rings (SSSR count). The van der Waals surface area contributed by atoms with Gasteiger partial charge in [-0.05, 0) is 36.6 Å². The third-order valence-corrected chi connectivity index (χ3v) is 4.66. The van der Waals surface area contributed by atoms with Crippen molar-refractivity contribution in [1.82, 2.24) is 10.6 Å². The molecule has 150 valence electrons. The average Bonchev–Trinajstić information content (AvgIpc) is 2.65. The van der Waals surface area contributed by atoms with Gasteiger partial charge in [0.1, 0.15) is 24.8 Å². The van der Waals surface area contributed by atoms with Crippen molar-refractivity contribution in [1.29, 1.82) is 0 Å². The summed E-state index contributed by atoms with van der Waals surface area (Å²) in [6.07, 6.45) is 0. The van der Waals surface area contributed by atoms with E-state index in [0.29, 0.717) is 24.7 Å². The molecule has 2 atom stereocenters. The Labute approximate surface area is 163 Å². The lowest BCUT2D eigenvalue weighted by Crippen LogP contribution is -2.41. The monoisotopic (exact) mass is 390 g/mol. The van der Waals surface area contributed by atoms with Crippen molar-refractivity contribution in [2.24, 2.45) is 5.92 Å². The molecular formula is C21H24F2N2O3. The molecule has 0 bridgehead atoms. The van der Waals surface area contributed by atoms with Gasteiger partial charge in [0, 0.05) is 11.6 Å². The van der Waals surface area contributed by atoms with Gasteiger partial charge in [0.2, 0.25) is 0 Å². The van der Waals surface area contributed by atoms with E-state index in [2.05, 4.69) is 10.6 Å². The quantitative estimate of drug-likeness (QED) is 0.791. The highest BCUT2D eigenvalue weighted by atomic mass is 19.1. The maximum Gasteiger partial charge on any atom is 0.315 e. The molecule has 0 radical (unpaired) electrons. The van der Waals surface area contributed by atoms with Crippen LogP contribution in [0.2, 0.25) is 0 Å². The number of carbonyl (C=O) groups excluding carboxylic acids is 1. The highest BCUT2D eigenvalue weighted by Crippen LogP contribution is 2.34. The summed E-state index contributed by atoms with van der Waals surface area (Å²) < 4.78 is 38.2. The summed E-state index contributed by atoms with van der Waals surface area (Å²) in [5, 5.41) is 5.63. The molecule has 1 aliphatic heterocycles. The van der Waals surface area contributed by atoms with Crippen LogP contribution in [-0.4, -0.2) is 19.2 Å². The summed E-state index contributed by atoms with van der Waals surface area (Å²) >= 11 is 0. The van der Waals surface area contributed by atoms with Gasteiger partial charge < -0.3 is 20.1 Å². The van der Waals surface area contributed by atoms with E-state index >= 15 is 0 Å². The first-order valence-electron chi connectivity index (χ1n) is 9.26. The van der Waals surface area contributed by atoms with Crippen LogP contribution in [0.3, 0.4) is 0 Å². The minimum Gasteiger partial charge on any atom is -0.486 e. The standard InChI is InChI=1S/C21H24F2N2O3/c1-12(2)20(14-4-7-18-19(10-14)28-9-8-27-18)25-21(26)24-13(3)16-6-5-15(22)11-17(16)23/h4-7,10-13,20H,8-9H2,1-3H3,(H2,24,25,26)/t13-,20+/m1/s1. The van der Waals surface area contributed by atoms with Crippen LogP contribution in [0.15, 0.2) is 36.4 Å². The predicted octanol–water partition coefficient (Wildman–Crippen LogP) is 4.49. The van der Waals surface area contributed by atoms with Crippen molar-refractivity contribution in [2.75, 3.05) is 13.2 Å². The molecule has 1 heterocycles. The van der Waals surface area contributed by atoms with E-state index in [1.807, 2.05) is 32.0 Å². The Hall–Kier alpha value is -2.83. The van der Waals surface area contributed by atoms with Gasteiger partial charge in [0.15, 0.2) is 11.5 Å². The molecule has 0 aromatic heterocycles. The zero-order valence-corrected chi connectivity index (χ0v) is 16.1. The van der Waals surface area contributed by atoms with Gasteiger partial charge in [-0.3, -0.25) is 0 Å². The minimum atomic E-state index is -0.694. The number of benzene rings is 2. The summed E-state index contributed by atoms with van der Waals surface area (Å²) in [6, 6.07) is 7.55. The SMILES string of the molecule is CC(C)[C@H](NC(=O)N[C@H](C)c1ccc(F)cc1F)c1ccc2c(c1)OCCO2. The van der Waals surface area contributed by atoms with E-state index in [-0.39, 0.29) is 17.5 Å². The van der Waals surface area contributed by atoms with Crippen LogP contribution in [0, 0.1) is 17.6 Å². The van der Waals surface area contributed by atoms with Crippen LogP contribution in [0.1, 0.15) is 44.0 Å². The molecule has 2 amide bonds. The number of amides is 2. The Morgan fingerprint density at radius 2 is 1.68 bits per heavy atom. The fraction of sp³-hybridized carbons (Fsp3) is 0.381. The van der Waals surface area contributed by atoms with Gasteiger partial charge in [-0.15, -0.1) is 0 Å². The van der Waals surface area contributed by atoms with E-state index in [9.17, 15) is 13.6 Å². The van der Waals surface area contributed by atoms with Crippen LogP contribution in [0.25, 0.3) is 0 Å². The Bertz CT molecular complexity index is 858. The van der Waals surface area contributed by atoms with E-state index < -0.39 is 23.7 Å². The number of hydrogen-bond donors (Lipinski definition) is 2. The maximum absolute atomic E-state index is 13.9. The zero-order chi connectivity index (χ0) is 20.3. The fourth-order valence-electron chi connectivity index (χ4n) is 3.20. The van der Waals surface area contributed by atoms with E-state index in [0.717, 1.165) is 11.6 Å². The topological polar surface area (TPSA) is 59.6 Å². The molecule has 0 unspecified atom stereocenters. The molecule has 2 aromatic rings. The molecule has 0 fully saturated rings. The second kappa shape index (κ2) is 8.46. The van der Waals surface area contributed by atoms with E-state index in [1.165, 1.54) is 12.1 Å². The van der Waals surface area contributed by atoms with Gasteiger partial charge in [0.25, 0.3) is 0 Å². The van der Waals surface area contributed by atoms with Crippen LogP contribution >= 0.6 is 0 Å². The average molecular weight is 390 g/mol. The first-order valence-corrected chi connectivity index (χ1v) is 9.26. The van der Waals surface area contributed by atoms with E-state index in [4.69, 9.17) is 9.47 Å². The van der Waals surface area contributed by atoms with Crippen LogP contribution in [0.4, 0.5) is 13.6 Å². The predicted molar refractivity (Wildman–Crippen MR) is 101 cm³/mol. The largest absolute Gasteiger partial charge is 0.486 e. The zero-order valence-electron chi connectivity index (χ0n) is 16.1. The number of ether oxygens (including phenoxy) is 2. The van der Waals surface area contributed by atoms with Gasteiger partial charge in [0.05, 0.1) is 12.1 Å². The van der Waals surface area contributed by atoms with Crippen LogP contribution < -0.4 is 20.1 Å². The molecule has 7 heteroatoms. The van der Waals surface area contributed by atoms with Crippen LogP contribution in [0.5, 0.6) is 11.5 Å². The fourth-order valence-corrected chi connectivity index (χ4v) is 3.20. The summed E-state index contributed by atoms with van der Waals surface area (Å²) in [7, 11) is 0. The third kappa shape index (κ3) is 4.52. The van der Waals surface area contributed by atoms with Crippen molar-refractivity contribution in [2.45, 2.75) is 32.9 Å². The van der Waals surface area contributed by atoms with Crippen molar-refractivity contribution in [3.63, 3.8) is 0 Å². The van der Waals surface area contributed by atoms with Gasteiger partial charge >= 0.3 is 6.03 Å². The molecule has 2 aromatic carbocycles. The molecule has 0 saturated heterocycles. The molecule has 0 spiro atoms. The first-order chi connectivity index (χ1) is 13.3. The number of halogens is 2. The Morgan fingerprint density at radius 3 is 2.36 bits per heavy atom.